The summed E-state index contributed by atoms with van der Waals surface area (Å²) in [7, 11) is 1.58. The minimum absolute atomic E-state index is 0.0555. The minimum atomic E-state index is -0.861. The molecule has 0 unspecified atom stereocenters. The van der Waals surface area contributed by atoms with E-state index in [0.29, 0.717) is 5.16 Å². The van der Waals surface area contributed by atoms with E-state index in [-0.39, 0.29) is 5.75 Å². The Labute approximate surface area is 112 Å². The highest BCUT2D eigenvalue weighted by molar-refractivity contribution is 7.99. The summed E-state index contributed by atoms with van der Waals surface area (Å²) in [6.45, 7) is 0. The number of urea groups is 1. The first-order valence-corrected chi connectivity index (χ1v) is 6.33. The molecule has 0 atom stereocenters. The number of nitrogens with one attached hydrogen (secondary N) is 2. The zero-order valence-electron chi connectivity index (χ0n) is 10.1. The molecule has 0 spiro atoms. The molecule has 4 N–H and O–H groups in total. The van der Waals surface area contributed by atoms with Crippen molar-refractivity contribution in [3.05, 3.63) is 18.2 Å². The zero-order valence-corrected chi connectivity index (χ0v) is 10.9. The van der Waals surface area contributed by atoms with Crippen molar-refractivity contribution in [2.75, 3.05) is 12.9 Å². The Morgan fingerprint density at radius 2 is 2.32 bits per heavy atom. The summed E-state index contributed by atoms with van der Waals surface area (Å²) in [5.74, 6) is 0.314. The standard InChI is InChI=1S/C11H12N4O3S/c1-18-6-2-3-7-8(4-6)14-11(13-7)19-5-9(16)15-10(12)17/h2-4H,5H2,1H3,(H,13,14)(H3,12,15,16,17). The van der Waals surface area contributed by atoms with Crippen LogP contribution in [0.2, 0.25) is 0 Å². The van der Waals surface area contributed by atoms with Crippen LogP contribution in [0.15, 0.2) is 23.4 Å². The fourth-order valence-corrected chi connectivity index (χ4v) is 2.15. The molecule has 0 aliphatic rings. The van der Waals surface area contributed by atoms with Gasteiger partial charge >= 0.3 is 6.03 Å². The predicted molar refractivity (Wildman–Crippen MR) is 71.1 cm³/mol. The number of carbonyl (C=O) groups excluding carboxylic acids is 2. The number of hydrogen-bond donors (Lipinski definition) is 3. The van der Waals surface area contributed by atoms with E-state index in [2.05, 4.69) is 9.97 Å². The van der Waals surface area contributed by atoms with E-state index in [1.54, 1.807) is 13.2 Å². The summed E-state index contributed by atoms with van der Waals surface area (Å²) in [6.07, 6.45) is 0. The van der Waals surface area contributed by atoms with Crippen molar-refractivity contribution in [3.63, 3.8) is 0 Å². The summed E-state index contributed by atoms with van der Waals surface area (Å²) in [5, 5.41) is 2.57. The number of benzene rings is 1. The highest BCUT2D eigenvalue weighted by Crippen LogP contribution is 2.22. The summed E-state index contributed by atoms with van der Waals surface area (Å²) < 4.78 is 5.10. The molecule has 0 saturated carbocycles. The number of primary amides is 1. The normalized spacial score (nSPS) is 10.4. The lowest BCUT2D eigenvalue weighted by atomic mass is 10.3. The van der Waals surface area contributed by atoms with Gasteiger partial charge in [0.2, 0.25) is 5.91 Å². The molecule has 19 heavy (non-hydrogen) atoms. The second-order valence-corrected chi connectivity index (χ2v) is 4.59. The van der Waals surface area contributed by atoms with Crippen LogP contribution in [-0.4, -0.2) is 34.8 Å². The number of aromatic nitrogens is 2. The number of imidazole rings is 1. The number of methoxy groups -OCH3 is 1. The summed E-state index contributed by atoms with van der Waals surface area (Å²) in [6, 6.07) is 4.57. The minimum Gasteiger partial charge on any atom is -0.497 e. The van der Waals surface area contributed by atoms with E-state index in [4.69, 9.17) is 10.5 Å². The molecule has 0 radical (unpaired) electrons. The summed E-state index contributed by atoms with van der Waals surface area (Å²) in [4.78, 5) is 29.1. The van der Waals surface area contributed by atoms with Gasteiger partial charge in [-0.2, -0.15) is 0 Å². The average Bonchev–Trinajstić information content (AvgIpc) is 2.77. The highest BCUT2D eigenvalue weighted by atomic mass is 32.2. The van der Waals surface area contributed by atoms with Gasteiger partial charge in [0.1, 0.15) is 5.75 Å². The maximum atomic E-state index is 11.2. The largest absolute Gasteiger partial charge is 0.497 e. The van der Waals surface area contributed by atoms with Crippen molar-refractivity contribution in [2.45, 2.75) is 5.16 Å². The molecule has 0 fully saturated rings. The first-order valence-electron chi connectivity index (χ1n) is 5.34. The SMILES string of the molecule is COc1ccc2nc(SCC(=O)NC(N)=O)[nH]c2c1. The summed E-state index contributed by atoms with van der Waals surface area (Å²) in [5.41, 5.74) is 6.43. The van der Waals surface area contributed by atoms with Crippen LogP contribution in [0.5, 0.6) is 5.75 Å². The second kappa shape index (κ2) is 5.61. The number of fused-ring (bicyclic) bond motifs is 1. The van der Waals surface area contributed by atoms with Gasteiger partial charge in [-0.3, -0.25) is 10.1 Å². The number of imide groups is 1. The van der Waals surface area contributed by atoms with E-state index in [9.17, 15) is 9.59 Å². The third-order valence-corrected chi connectivity index (χ3v) is 3.14. The molecular weight excluding hydrogens is 268 g/mol. The molecular formula is C11H12N4O3S. The number of carbonyl (C=O) groups is 2. The molecule has 2 aromatic rings. The zero-order chi connectivity index (χ0) is 13.8. The van der Waals surface area contributed by atoms with Gasteiger partial charge in [-0.15, -0.1) is 0 Å². The van der Waals surface area contributed by atoms with Crippen molar-refractivity contribution in [3.8, 4) is 5.75 Å². The fourth-order valence-electron chi connectivity index (χ4n) is 1.47. The van der Waals surface area contributed by atoms with Crippen LogP contribution >= 0.6 is 11.8 Å². The third kappa shape index (κ3) is 3.38. The van der Waals surface area contributed by atoms with Gasteiger partial charge in [-0.05, 0) is 12.1 Å². The van der Waals surface area contributed by atoms with Gasteiger partial charge in [-0.1, -0.05) is 11.8 Å². The first kappa shape index (κ1) is 13.2. The van der Waals surface area contributed by atoms with Crippen LogP contribution in [0.3, 0.4) is 0 Å². The van der Waals surface area contributed by atoms with Gasteiger partial charge in [0.05, 0.1) is 23.9 Å². The van der Waals surface area contributed by atoms with Gasteiger partial charge < -0.3 is 15.5 Å². The van der Waals surface area contributed by atoms with Crippen LogP contribution in [0.25, 0.3) is 11.0 Å². The van der Waals surface area contributed by atoms with Crippen LogP contribution in [-0.2, 0) is 4.79 Å². The maximum Gasteiger partial charge on any atom is 0.318 e. The number of ether oxygens (including phenoxy) is 1. The maximum absolute atomic E-state index is 11.2. The highest BCUT2D eigenvalue weighted by Gasteiger charge is 2.08. The molecule has 100 valence electrons. The van der Waals surface area contributed by atoms with Crippen LogP contribution in [0.1, 0.15) is 0 Å². The van der Waals surface area contributed by atoms with Crippen molar-refractivity contribution < 1.29 is 14.3 Å². The molecule has 0 bridgehead atoms. The Bertz CT molecular complexity index is 625. The van der Waals surface area contributed by atoms with E-state index in [0.717, 1.165) is 16.8 Å². The molecule has 7 nitrogen and oxygen atoms in total. The predicted octanol–water partition coefficient (Wildman–Crippen LogP) is 0.858. The van der Waals surface area contributed by atoms with Gasteiger partial charge in [0.15, 0.2) is 5.16 Å². The van der Waals surface area contributed by atoms with Gasteiger partial charge in [0.25, 0.3) is 0 Å². The van der Waals surface area contributed by atoms with E-state index >= 15 is 0 Å². The monoisotopic (exact) mass is 280 g/mol. The number of H-pyrrole nitrogens is 1. The molecule has 1 aromatic carbocycles. The number of aromatic amines is 1. The Morgan fingerprint density at radius 1 is 1.53 bits per heavy atom. The quantitative estimate of drug-likeness (QED) is 0.719. The van der Waals surface area contributed by atoms with Gasteiger partial charge in [-0.25, -0.2) is 9.78 Å². The molecule has 0 aliphatic heterocycles. The number of nitrogens with zero attached hydrogens (tertiary/aromatic N) is 1. The van der Waals surface area contributed by atoms with Crippen LogP contribution in [0.4, 0.5) is 4.79 Å². The lowest BCUT2D eigenvalue weighted by Gasteiger charge is -1.98. The van der Waals surface area contributed by atoms with Gasteiger partial charge in [0, 0.05) is 6.07 Å². The Hall–Kier alpha value is -2.22. The Morgan fingerprint density at radius 3 is 3.00 bits per heavy atom. The smallest absolute Gasteiger partial charge is 0.318 e. The number of nitrogens with two attached hydrogens (primary N) is 1. The third-order valence-electron chi connectivity index (χ3n) is 2.27. The van der Waals surface area contributed by atoms with E-state index in [1.807, 2.05) is 17.4 Å². The number of rotatable bonds is 4. The molecule has 0 aliphatic carbocycles. The number of thioether (sulfide) groups is 1. The second-order valence-electron chi connectivity index (χ2n) is 3.63. The Balaban J connectivity index is 2.05. The van der Waals surface area contributed by atoms with Crippen molar-refractivity contribution >= 4 is 34.7 Å². The van der Waals surface area contributed by atoms with Crippen molar-refractivity contribution in [2.24, 2.45) is 5.73 Å². The average molecular weight is 280 g/mol. The lowest BCUT2D eigenvalue weighted by Crippen LogP contribution is -2.36. The topological polar surface area (TPSA) is 110 Å². The van der Waals surface area contributed by atoms with E-state index < -0.39 is 11.9 Å². The first-order chi connectivity index (χ1) is 9.08. The molecule has 8 heteroatoms. The molecule has 0 saturated heterocycles. The number of hydrogen-bond acceptors (Lipinski definition) is 5. The molecule has 1 heterocycles. The summed E-state index contributed by atoms with van der Waals surface area (Å²) >= 11 is 1.18. The van der Waals surface area contributed by atoms with E-state index in [1.165, 1.54) is 11.8 Å². The number of amides is 3. The fraction of sp³-hybridized carbons (Fsp3) is 0.182. The Kier molecular flexibility index (Phi) is 3.91. The molecule has 2 rings (SSSR count). The van der Waals surface area contributed by atoms with Crippen molar-refractivity contribution in [1.82, 2.24) is 15.3 Å². The lowest BCUT2D eigenvalue weighted by molar-refractivity contribution is -0.117. The molecule has 3 amide bonds. The molecule has 1 aromatic heterocycles. The van der Waals surface area contributed by atoms with Crippen LogP contribution in [0, 0.1) is 0 Å². The van der Waals surface area contributed by atoms with Crippen LogP contribution < -0.4 is 15.8 Å². The van der Waals surface area contributed by atoms with Crippen molar-refractivity contribution in [1.29, 1.82) is 0 Å².